The third kappa shape index (κ3) is 3.49. The molecule has 0 bridgehead atoms. The van der Waals surface area contributed by atoms with Gasteiger partial charge in [0, 0.05) is 24.4 Å². The second kappa shape index (κ2) is 6.22. The summed E-state index contributed by atoms with van der Waals surface area (Å²) in [6, 6.07) is 10.6. The van der Waals surface area contributed by atoms with Crippen molar-refractivity contribution in [3.63, 3.8) is 0 Å². The van der Waals surface area contributed by atoms with Crippen molar-refractivity contribution in [1.29, 1.82) is 0 Å². The van der Waals surface area contributed by atoms with E-state index in [0.29, 0.717) is 23.7 Å². The second-order valence-corrected chi connectivity index (χ2v) is 4.80. The largest absolute Gasteiger partial charge is 0.454 e. The minimum atomic E-state index is -0.497. The molecule has 2 aromatic carbocycles. The van der Waals surface area contributed by atoms with Crippen LogP contribution in [0.25, 0.3) is 0 Å². The van der Waals surface area contributed by atoms with Crippen LogP contribution in [0.3, 0.4) is 0 Å². The molecule has 0 atom stereocenters. The number of nitrogens with one attached hydrogen (secondary N) is 2. The van der Waals surface area contributed by atoms with E-state index in [2.05, 4.69) is 10.6 Å². The number of ether oxygens (including phenoxy) is 2. The van der Waals surface area contributed by atoms with Gasteiger partial charge in [0.1, 0.15) is 0 Å². The topological polar surface area (TPSA) is 103 Å². The minimum Gasteiger partial charge on any atom is -0.454 e. The lowest BCUT2D eigenvalue weighted by Crippen LogP contribution is -2.28. The molecule has 8 nitrogen and oxygen atoms in total. The predicted octanol–water partition coefficient (Wildman–Crippen LogP) is 2.65. The highest BCUT2D eigenvalue weighted by Crippen LogP contribution is 2.32. The summed E-state index contributed by atoms with van der Waals surface area (Å²) >= 11 is 0. The number of amides is 2. The molecule has 8 heteroatoms. The number of nitro benzene ring substituents is 1. The number of non-ortho nitro benzene ring substituents is 1. The van der Waals surface area contributed by atoms with Crippen LogP contribution in [-0.4, -0.2) is 17.7 Å². The lowest BCUT2D eigenvalue weighted by molar-refractivity contribution is -0.384. The predicted molar refractivity (Wildman–Crippen MR) is 81.5 cm³/mol. The van der Waals surface area contributed by atoms with E-state index < -0.39 is 11.0 Å². The number of urea groups is 1. The summed E-state index contributed by atoms with van der Waals surface area (Å²) in [4.78, 5) is 21.9. The van der Waals surface area contributed by atoms with Gasteiger partial charge in [-0.3, -0.25) is 10.1 Å². The number of anilines is 1. The molecule has 1 aliphatic heterocycles. The Morgan fingerprint density at radius 1 is 1.13 bits per heavy atom. The van der Waals surface area contributed by atoms with E-state index in [1.807, 2.05) is 6.07 Å². The van der Waals surface area contributed by atoms with Crippen LogP contribution < -0.4 is 20.1 Å². The first kappa shape index (κ1) is 14.6. The summed E-state index contributed by atoms with van der Waals surface area (Å²) in [6.07, 6.45) is 0. The molecule has 0 radical (unpaired) electrons. The third-order valence-corrected chi connectivity index (χ3v) is 3.23. The lowest BCUT2D eigenvalue weighted by Gasteiger charge is -2.08. The highest BCUT2D eigenvalue weighted by Gasteiger charge is 2.13. The van der Waals surface area contributed by atoms with Gasteiger partial charge in [0.2, 0.25) is 6.79 Å². The van der Waals surface area contributed by atoms with Crippen molar-refractivity contribution in [3.05, 3.63) is 58.1 Å². The van der Waals surface area contributed by atoms with Crippen LogP contribution >= 0.6 is 0 Å². The molecule has 2 amide bonds. The molecule has 0 unspecified atom stereocenters. The van der Waals surface area contributed by atoms with Gasteiger partial charge in [-0.25, -0.2) is 4.79 Å². The highest BCUT2D eigenvalue weighted by molar-refractivity contribution is 5.89. The summed E-state index contributed by atoms with van der Waals surface area (Å²) in [7, 11) is 0. The molecular weight excluding hydrogens is 302 g/mol. The fourth-order valence-corrected chi connectivity index (χ4v) is 2.08. The molecule has 0 spiro atoms. The Hall–Kier alpha value is -3.29. The van der Waals surface area contributed by atoms with Crippen molar-refractivity contribution in [2.24, 2.45) is 0 Å². The first-order valence-corrected chi connectivity index (χ1v) is 6.79. The van der Waals surface area contributed by atoms with Gasteiger partial charge in [-0.2, -0.15) is 0 Å². The van der Waals surface area contributed by atoms with E-state index in [0.717, 1.165) is 5.56 Å². The van der Waals surface area contributed by atoms with E-state index in [1.54, 1.807) is 12.1 Å². The molecule has 2 aromatic rings. The van der Waals surface area contributed by atoms with Gasteiger partial charge in [-0.05, 0) is 29.8 Å². The summed E-state index contributed by atoms with van der Waals surface area (Å²) in [6.45, 7) is 0.516. The molecule has 0 aromatic heterocycles. The van der Waals surface area contributed by atoms with Crippen LogP contribution in [0.1, 0.15) is 5.56 Å². The summed E-state index contributed by atoms with van der Waals surface area (Å²) in [5.74, 6) is 1.34. The number of fused-ring (bicyclic) bond motifs is 1. The molecule has 2 N–H and O–H groups in total. The number of hydrogen-bond acceptors (Lipinski definition) is 5. The van der Waals surface area contributed by atoms with Crippen molar-refractivity contribution in [1.82, 2.24) is 5.32 Å². The fraction of sp³-hybridized carbons (Fsp3) is 0.133. The zero-order chi connectivity index (χ0) is 16.2. The van der Waals surface area contributed by atoms with Gasteiger partial charge >= 0.3 is 6.03 Å². The van der Waals surface area contributed by atoms with Crippen LogP contribution in [0.2, 0.25) is 0 Å². The van der Waals surface area contributed by atoms with Crippen LogP contribution in [0, 0.1) is 10.1 Å². The van der Waals surface area contributed by atoms with Crippen LogP contribution in [0.4, 0.5) is 16.2 Å². The molecule has 23 heavy (non-hydrogen) atoms. The maximum absolute atomic E-state index is 11.8. The molecular formula is C15H13N3O5. The number of nitrogens with zero attached hydrogens (tertiary/aromatic N) is 1. The van der Waals surface area contributed by atoms with Crippen LogP contribution in [0.5, 0.6) is 11.5 Å². The zero-order valence-corrected chi connectivity index (χ0v) is 11.9. The Bertz CT molecular complexity index is 745. The number of nitro groups is 1. The second-order valence-electron chi connectivity index (χ2n) is 4.80. The van der Waals surface area contributed by atoms with Gasteiger partial charge < -0.3 is 20.1 Å². The number of carbonyl (C=O) groups is 1. The number of carbonyl (C=O) groups excluding carboxylic acids is 1. The van der Waals surface area contributed by atoms with Crippen LogP contribution in [0.15, 0.2) is 42.5 Å². The van der Waals surface area contributed by atoms with Gasteiger partial charge in [-0.1, -0.05) is 6.07 Å². The number of hydrogen-bond donors (Lipinski definition) is 2. The molecule has 3 rings (SSSR count). The van der Waals surface area contributed by atoms with Crippen LogP contribution in [-0.2, 0) is 6.54 Å². The maximum atomic E-state index is 11.8. The summed E-state index contributed by atoms with van der Waals surface area (Å²) < 4.78 is 10.5. The van der Waals surface area contributed by atoms with Gasteiger partial charge in [0.25, 0.3) is 5.69 Å². The quantitative estimate of drug-likeness (QED) is 0.667. The summed E-state index contributed by atoms with van der Waals surface area (Å²) in [5.41, 5.74) is 1.31. The molecule has 0 fully saturated rings. The smallest absolute Gasteiger partial charge is 0.319 e. The Balaban J connectivity index is 1.54. The SMILES string of the molecule is O=C(NCc1ccc2c(c1)OCO2)Nc1ccc([N+](=O)[O-])cc1. The van der Waals surface area contributed by atoms with Gasteiger partial charge in [0.05, 0.1) is 4.92 Å². The minimum absolute atomic E-state index is 0.0312. The van der Waals surface area contributed by atoms with Crippen molar-refractivity contribution < 1.29 is 19.2 Å². The Morgan fingerprint density at radius 2 is 1.87 bits per heavy atom. The average Bonchev–Trinajstić information content (AvgIpc) is 3.01. The van der Waals surface area contributed by atoms with Crippen molar-refractivity contribution >= 4 is 17.4 Å². The van der Waals surface area contributed by atoms with Crippen molar-refractivity contribution in [3.8, 4) is 11.5 Å². The molecule has 1 aliphatic rings. The molecule has 118 valence electrons. The van der Waals surface area contributed by atoms with Crippen molar-refractivity contribution in [2.75, 3.05) is 12.1 Å². The Morgan fingerprint density at radius 3 is 2.61 bits per heavy atom. The Labute approximate surface area is 131 Å². The van der Waals surface area contributed by atoms with E-state index in [9.17, 15) is 14.9 Å². The normalized spacial score (nSPS) is 11.8. The lowest BCUT2D eigenvalue weighted by atomic mass is 10.2. The average molecular weight is 315 g/mol. The maximum Gasteiger partial charge on any atom is 0.319 e. The van der Waals surface area contributed by atoms with E-state index in [1.165, 1.54) is 24.3 Å². The number of benzene rings is 2. The van der Waals surface area contributed by atoms with Crippen molar-refractivity contribution in [2.45, 2.75) is 6.54 Å². The standard InChI is InChI=1S/C15H13N3O5/c19-15(17-11-2-4-12(5-3-11)18(20)21)16-8-10-1-6-13-14(7-10)23-9-22-13/h1-7H,8-9H2,(H2,16,17,19). The van der Waals surface area contributed by atoms with Gasteiger partial charge in [-0.15, -0.1) is 0 Å². The van der Waals surface area contributed by atoms with Gasteiger partial charge in [0.15, 0.2) is 11.5 Å². The van der Waals surface area contributed by atoms with E-state index in [4.69, 9.17) is 9.47 Å². The molecule has 1 heterocycles. The zero-order valence-electron chi connectivity index (χ0n) is 11.9. The third-order valence-electron chi connectivity index (χ3n) is 3.23. The monoisotopic (exact) mass is 315 g/mol. The fourth-order valence-electron chi connectivity index (χ4n) is 2.08. The van der Waals surface area contributed by atoms with E-state index >= 15 is 0 Å². The van der Waals surface area contributed by atoms with E-state index in [-0.39, 0.29) is 12.5 Å². The highest BCUT2D eigenvalue weighted by atomic mass is 16.7. The molecule has 0 aliphatic carbocycles. The Kier molecular flexibility index (Phi) is 3.96. The first-order chi connectivity index (χ1) is 11.1. The number of rotatable bonds is 4. The molecule has 0 saturated carbocycles. The molecule has 0 saturated heterocycles. The summed E-state index contributed by atoms with van der Waals surface area (Å²) in [5, 5.41) is 15.9. The first-order valence-electron chi connectivity index (χ1n) is 6.79.